The first-order valence-electron chi connectivity index (χ1n) is 7.91. The van der Waals surface area contributed by atoms with Gasteiger partial charge in [-0.3, -0.25) is 9.88 Å². The number of sulfonamides is 1. The van der Waals surface area contributed by atoms with Gasteiger partial charge >= 0.3 is 6.03 Å². The van der Waals surface area contributed by atoms with Gasteiger partial charge in [-0.1, -0.05) is 36.4 Å². The monoisotopic (exact) mass is 385 g/mol. The zero-order valence-electron chi connectivity index (χ0n) is 13.6. The van der Waals surface area contributed by atoms with Crippen LogP contribution in [0.4, 0.5) is 10.5 Å². The number of aromatic nitrogens is 1. The number of hydrogen-bond donors (Lipinski definition) is 0. The summed E-state index contributed by atoms with van der Waals surface area (Å²) in [6.07, 6.45) is 1.58. The summed E-state index contributed by atoms with van der Waals surface area (Å²) in [5.74, 6) is 0. The van der Waals surface area contributed by atoms with Crippen molar-refractivity contribution in [1.82, 2.24) is 9.29 Å². The summed E-state index contributed by atoms with van der Waals surface area (Å²) in [7, 11) is -3.90. The zero-order chi connectivity index (χ0) is 18.1. The molecule has 8 heteroatoms. The van der Waals surface area contributed by atoms with Gasteiger partial charge in [-0.25, -0.2) is 17.5 Å². The molecule has 0 spiro atoms. The minimum atomic E-state index is -3.90. The average molecular weight is 385 g/mol. The molecule has 4 rings (SSSR count). The Labute approximate surface area is 155 Å². The Morgan fingerprint density at radius 1 is 0.962 bits per heavy atom. The van der Waals surface area contributed by atoms with Crippen LogP contribution < -0.4 is 4.90 Å². The van der Waals surface area contributed by atoms with Gasteiger partial charge in [0.05, 0.1) is 24.5 Å². The summed E-state index contributed by atoms with van der Waals surface area (Å²) in [5.41, 5.74) is 1.87. The van der Waals surface area contributed by atoms with E-state index in [2.05, 4.69) is 4.98 Å². The van der Waals surface area contributed by atoms with Crippen LogP contribution in [0.2, 0.25) is 0 Å². The molecule has 1 aliphatic rings. The highest BCUT2D eigenvalue weighted by molar-refractivity contribution is 7.90. The topological polar surface area (TPSA) is 70.6 Å². The number of rotatable bonds is 4. The minimum absolute atomic E-state index is 0.0947. The maximum absolute atomic E-state index is 13.1. The highest BCUT2D eigenvalue weighted by atomic mass is 32.2. The quantitative estimate of drug-likeness (QED) is 0.689. The maximum Gasteiger partial charge on any atom is 0.339 e. The van der Waals surface area contributed by atoms with Gasteiger partial charge in [-0.15, -0.1) is 11.3 Å². The summed E-state index contributed by atoms with van der Waals surface area (Å²) >= 11 is 1.27. The molecule has 0 saturated carbocycles. The molecular formula is C18H15N3O3S2. The number of fused-ring (bicyclic) bond motifs is 1. The van der Waals surface area contributed by atoms with Crippen LogP contribution in [-0.2, 0) is 23.1 Å². The molecule has 2 aromatic heterocycles. The van der Waals surface area contributed by atoms with Crippen molar-refractivity contribution in [2.24, 2.45) is 0 Å². The predicted octanol–water partition coefficient (Wildman–Crippen LogP) is 3.47. The Hall–Kier alpha value is -2.71. The molecule has 1 aliphatic heterocycles. The summed E-state index contributed by atoms with van der Waals surface area (Å²) in [4.78, 5) is 18.9. The van der Waals surface area contributed by atoms with Crippen LogP contribution in [0.25, 0.3) is 0 Å². The Morgan fingerprint density at radius 3 is 2.46 bits per heavy atom. The van der Waals surface area contributed by atoms with Crippen molar-refractivity contribution in [3.63, 3.8) is 0 Å². The van der Waals surface area contributed by atoms with E-state index in [0.29, 0.717) is 17.9 Å². The fourth-order valence-corrected chi connectivity index (χ4v) is 5.54. The van der Waals surface area contributed by atoms with Crippen molar-refractivity contribution in [1.29, 1.82) is 0 Å². The van der Waals surface area contributed by atoms with Crippen LogP contribution in [0.3, 0.4) is 0 Å². The molecule has 0 unspecified atom stereocenters. The van der Waals surface area contributed by atoms with Crippen molar-refractivity contribution in [3.8, 4) is 0 Å². The number of carbonyl (C=O) groups excluding carboxylic acids is 1. The van der Waals surface area contributed by atoms with Crippen LogP contribution in [0.15, 0.2) is 70.4 Å². The second kappa shape index (κ2) is 6.54. The fourth-order valence-electron chi connectivity index (χ4n) is 2.84. The van der Waals surface area contributed by atoms with E-state index in [0.717, 1.165) is 9.87 Å². The van der Waals surface area contributed by atoms with Crippen molar-refractivity contribution in [2.45, 2.75) is 18.0 Å². The van der Waals surface area contributed by atoms with Crippen molar-refractivity contribution in [2.75, 3.05) is 4.90 Å². The first-order valence-corrected chi connectivity index (χ1v) is 10.3. The molecule has 26 heavy (non-hydrogen) atoms. The van der Waals surface area contributed by atoms with Gasteiger partial charge < -0.3 is 0 Å². The van der Waals surface area contributed by atoms with Crippen molar-refractivity contribution < 1.29 is 13.2 Å². The second-order valence-corrected chi connectivity index (χ2v) is 8.38. The van der Waals surface area contributed by atoms with E-state index >= 15 is 0 Å². The minimum Gasteiger partial charge on any atom is -0.287 e. The standard InChI is InChI=1S/C18H15N3O3S2/c22-18-20(10-14-6-2-1-3-7-14)16-12-25-13-17(16)26(23,24)21(18)11-15-8-4-5-9-19-15/h1-9,12-13H,10-11H2. The van der Waals surface area contributed by atoms with Crippen LogP contribution >= 0.6 is 11.3 Å². The number of anilines is 1. The molecule has 132 valence electrons. The Bertz CT molecular complexity index is 1030. The fraction of sp³-hybridized carbons (Fsp3) is 0.111. The highest BCUT2D eigenvalue weighted by Crippen LogP contribution is 2.38. The Kier molecular flexibility index (Phi) is 4.21. The molecular weight excluding hydrogens is 370 g/mol. The van der Waals surface area contributed by atoms with E-state index in [1.165, 1.54) is 16.2 Å². The van der Waals surface area contributed by atoms with Gasteiger partial charge in [0.15, 0.2) is 0 Å². The maximum atomic E-state index is 13.1. The molecule has 0 aliphatic carbocycles. The molecule has 0 radical (unpaired) electrons. The van der Waals surface area contributed by atoms with E-state index in [4.69, 9.17) is 0 Å². The molecule has 0 bridgehead atoms. The number of nitrogens with zero attached hydrogens (tertiary/aromatic N) is 3. The van der Waals surface area contributed by atoms with Gasteiger partial charge in [-0.2, -0.15) is 0 Å². The SMILES string of the molecule is O=C1N(Cc2ccccc2)c2cscc2S(=O)(=O)N1Cc1ccccn1. The van der Waals surface area contributed by atoms with Gasteiger partial charge in [-0.05, 0) is 17.7 Å². The van der Waals surface area contributed by atoms with E-state index < -0.39 is 16.1 Å². The molecule has 6 nitrogen and oxygen atoms in total. The largest absolute Gasteiger partial charge is 0.339 e. The normalized spacial score (nSPS) is 15.8. The summed E-state index contributed by atoms with van der Waals surface area (Å²) in [6, 6.07) is 14.1. The lowest BCUT2D eigenvalue weighted by molar-refractivity contribution is 0.226. The van der Waals surface area contributed by atoms with Crippen LogP contribution in [0.5, 0.6) is 0 Å². The molecule has 3 aromatic rings. The van der Waals surface area contributed by atoms with Gasteiger partial charge in [0.25, 0.3) is 10.0 Å². The van der Waals surface area contributed by atoms with Gasteiger partial charge in [0.1, 0.15) is 4.90 Å². The highest BCUT2D eigenvalue weighted by Gasteiger charge is 2.42. The zero-order valence-corrected chi connectivity index (χ0v) is 15.3. The van der Waals surface area contributed by atoms with Crippen molar-refractivity contribution >= 4 is 33.1 Å². The van der Waals surface area contributed by atoms with E-state index in [1.807, 2.05) is 30.3 Å². The van der Waals surface area contributed by atoms with E-state index in [9.17, 15) is 13.2 Å². The molecule has 1 aromatic carbocycles. The third kappa shape index (κ3) is 2.87. The number of carbonyl (C=O) groups is 1. The van der Waals surface area contributed by atoms with E-state index in [-0.39, 0.29) is 11.4 Å². The number of urea groups is 1. The average Bonchev–Trinajstić information content (AvgIpc) is 3.15. The summed E-state index contributed by atoms with van der Waals surface area (Å²) in [6.45, 7) is 0.209. The molecule has 0 N–H and O–H groups in total. The number of hydrogen-bond acceptors (Lipinski definition) is 5. The second-order valence-electron chi connectivity index (χ2n) is 5.81. The van der Waals surface area contributed by atoms with Crippen molar-refractivity contribution in [3.05, 3.63) is 76.7 Å². The molecule has 2 amide bonds. The molecule has 0 atom stereocenters. The molecule has 3 heterocycles. The lowest BCUT2D eigenvalue weighted by atomic mass is 10.2. The summed E-state index contributed by atoms with van der Waals surface area (Å²) < 4.78 is 26.8. The van der Waals surface area contributed by atoms with Gasteiger partial charge in [0.2, 0.25) is 0 Å². The third-order valence-electron chi connectivity index (χ3n) is 4.13. The Morgan fingerprint density at radius 2 is 1.73 bits per heavy atom. The Balaban J connectivity index is 1.75. The van der Waals surface area contributed by atoms with E-state index in [1.54, 1.807) is 35.2 Å². The molecule has 0 saturated heterocycles. The lowest BCUT2D eigenvalue weighted by Gasteiger charge is -2.34. The lowest BCUT2D eigenvalue weighted by Crippen LogP contribution is -2.49. The number of amides is 2. The van der Waals surface area contributed by atoms with Crippen LogP contribution in [0.1, 0.15) is 11.3 Å². The van der Waals surface area contributed by atoms with Crippen LogP contribution in [-0.4, -0.2) is 23.7 Å². The number of pyridine rings is 1. The van der Waals surface area contributed by atoms with Crippen LogP contribution in [0, 0.1) is 0 Å². The first kappa shape index (κ1) is 16.7. The summed E-state index contributed by atoms with van der Waals surface area (Å²) in [5, 5.41) is 3.27. The van der Waals surface area contributed by atoms with Gasteiger partial charge in [0, 0.05) is 17.0 Å². The number of thiophene rings is 1. The number of benzene rings is 1. The predicted molar refractivity (Wildman–Crippen MR) is 99.3 cm³/mol. The third-order valence-corrected chi connectivity index (χ3v) is 6.75. The smallest absolute Gasteiger partial charge is 0.287 e. The molecule has 0 fully saturated rings. The first-order chi connectivity index (χ1) is 12.6.